The summed E-state index contributed by atoms with van der Waals surface area (Å²) in [4.78, 5) is 12.7. The third-order valence-corrected chi connectivity index (χ3v) is 8.13. The second-order valence-corrected chi connectivity index (χ2v) is 10.4. The van der Waals surface area contributed by atoms with E-state index in [1.165, 1.54) is 29.4 Å². The van der Waals surface area contributed by atoms with Gasteiger partial charge >= 0.3 is 0 Å². The van der Waals surface area contributed by atoms with Crippen LogP contribution in [0.4, 0.5) is 14.5 Å². The van der Waals surface area contributed by atoms with Crippen LogP contribution in [0.25, 0.3) is 12.2 Å². The van der Waals surface area contributed by atoms with E-state index in [9.17, 15) is 22.0 Å². The number of ether oxygens (including phenoxy) is 1. The molecule has 0 aliphatic carbocycles. The van der Waals surface area contributed by atoms with Gasteiger partial charge in [-0.1, -0.05) is 17.3 Å². The number of carbonyl (C=O) groups excluding carboxylic acids is 1. The number of aryl methyl sites for hydroxylation is 1. The van der Waals surface area contributed by atoms with Gasteiger partial charge in [0.25, 0.3) is 0 Å². The number of piperidine rings is 1. The van der Waals surface area contributed by atoms with Gasteiger partial charge in [-0.25, -0.2) is 17.2 Å². The number of sulfonamides is 1. The lowest BCUT2D eigenvalue weighted by Gasteiger charge is -2.30. The van der Waals surface area contributed by atoms with Crippen LogP contribution in [0, 0.1) is 24.5 Å². The van der Waals surface area contributed by atoms with E-state index in [0.717, 1.165) is 12.1 Å². The van der Waals surface area contributed by atoms with E-state index < -0.39 is 21.7 Å². The van der Waals surface area contributed by atoms with Gasteiger partial charge in [-0.15, -0.1) is 0 Å². The second-order valence-electron chi connectivity index (χ2n) is 8.56. The number of hydrogen-bond donors (Lipinski definition) is 1. The second kappa shape index (κ2) is 11.2. The number of halogens is 2. The van der Waals surface area contributed by atoms with Crippen molar-refractivity contribution in [2.45, 2.75) is 31.6 Å². The van der Waals surface area contributed by atoms with E-state index in [1.807, 2.05) is 13.0 Å². The fourth-order valence-corrected chi connectivity index (χ4v) is 5.89. The van der Waals surface area contributed by atoms with Crippen LogP contribution < -0.4 is 10.1 Å². The van der Waals surface area contributed by atoms with Crippen molar-refractivity contribution in [2.24, 2.45) is 5.92 Å². The normalized spacial score (nSPS) is 15.2. The number of nitrogens with one attached hydrogen (secondary N) is 1. The zero-order valence-corrected chi connectivity index (χ0v) is 21.2. The maximum Gasteiger partial charge on any atom is 0.248 e. The molecule has 0 saturated carbocycles. The van der Waals surface area contributed by atoms with Crippen molar-refractivity contribution in [3.05, 3.63) is 71.1 Å². The average Bonchev–Trinajstić information content (AvgIpc) is 3.26. The number of aromatic nitrogens is 1. The van der Waals surface area contributed by atoms with Gasteiger partial charge in [0.05, 0.1) is 12.3 Å². The molecular weight excluding hydrogens is 504 g/mol. The lowest BCUT2D eigenvalue weighted by atomic mass is 9.97. The summed E-state index contributed by atoms with van der Waals surface area (Å²) in [5.41, 5.74) is 0.793. The van der Waals surface area contributed by atoms with Crippen molar-refractivity contribution >= 4 is 33.8 Å². The smallest absolute Gasteiger partial charge is 0.248 e. The Morgan fingerprint density at radius 2 is 1.92 bits per heavy atom. The third-order valence-electron chi connectivity index (χ3n) is 6.08. The summed E-state index contributed by atoms with van der Waals surface area (Å²) in [6, 6.07) is 10.2. The first kappa shape index (κ1) is 26.5. The van der Waals surface area contributed by atoms with Crippen LogP contribution in [-0.4, -0.2) is 43.5 Å². The minimum Gasteiger partial charge on any atom is -0.492 e. The number of nitrogens with zero attached hydrogens (tertiary/aromatic N) is 2. The van der Waals surface area contributed by atoms with Gasteiger partial charge in [-0.3, -0.25) is 4.79 Å². The Bertz CT molecular complexity index is 1410. The molecule has 1 amide bonds. The van der Waals surface area contributed by atoms with E-state index in [-0.39, 0.29) is 46.8 Å². The molecule has 0 unspecified atom stereocenters. The van der Waals surface area contributed by atoms with Crippen LogP contribution in [0.3, 0.4) is 0 Å². The molecular formula is C26H27F2N3O5S. The molecule has 1 fully saturated rings. The van der Waals surface area contributed by atoms with Gasteiger partial charge in [-0.2, -0.15) is 4.31 Å². The molecule has 1 aliphatic rings. The number of rotatable bonds is 8. The first-order chi connectivity index (χ1) is 17.7. The van der Waals surface area contributed by atoms with Crippen LogP contribution in [0.5, 0.6) is 5.75 Å². The quantitative estimate of drug-likeness (QED) is 0.445. The molecule has 1 aromatic heterocycles. The fourth-order valence-electron chi connectivity index (χ4n) is 4.17. The van der Waals surface area contributed by atoms with Crippen LogP contribution in [-0.2, 0) is 14.8 Å². The molecule has 3 aromatic rings. The molecule has 196 valence electrons. The number of carbonyl (C=O) groups is 1. The number of benzene rings is 2. The summed E-state index contributed by atoms with van der Waals surface area (Å²) in [5.74, 6) is -1.57. The molecule has 1 aliphatic heterocycles. The number of hydrogen-bond acceptors (Lipinski definition) is 6. The Balaban J connectivity index is 1.45. The summed E-state index contributed by atoms with van der Waals surface area (Å²) in [7, 11) is -4.00. The van der Waals surface area contributed by atoms with Crippen molar-refractivity contribution in [2.75, 3.05) is 25.0 Å². The van der Waals surface area contributed by atoms with Crippen molar-refractivity contribution in [3.8, 4) is 5.75 Å². The molecule has 0 radical (unpaired) electrons. The molecule has 11 heteroatoms. The Hall–Kier alpha value is -3.57. The van der Waals surface area contributed by atoms with Gasteiger partial charge in [0.1, 0.15) is 23.1 Å². The van der Waals surface area contributed by atoms with Gasteiger partial charge in [-0.05, 0) is 63.1 Å². The average molecular weight is 532 g/mol. The molecule has 1 N–H and O–H groups in total. The van der Waals surface area contributed by atoms with Crippen molar-refractivity contribution in [3.63, 3.8) is 0 Å². The van der Waals surface area contributed by atoms with Crippen molar-refractivity contribution in [1.82, 2.24) is 9.46 Å². The van der Waals surface area contributed by atoms with Crippen LogP contribution in [0.1, 0.15) is 36.8 Å². The lowest BCUT2D eigenvalue weighted by Crippen LogP contribution is -2.41. The molecule has 4 rings (SSSR count). The van der Waals surface area contributed by atoms with Gasteiger partial charge in [0.2, 0.25) is 15.9 Å². The Morgan fingerprint density at radius 1 is 1.19 bits per heavy atom. The maximum atomic E-state index is 14.0. The topological polar surface area (TPSA) is 102 Å². The summed E-state index contributed by atoms with van der Waals surface area (Å²) in [5, 5.41) is 6.66. The minimum atomic E-state index is -4.00. The summed E-state index contributed by atoms with van der Waals surface area (Å²) in [6.07, 6.45) is 3.25. The lowest BCUT2D eigenvalue weighted by molar-refractivity contribution is -0.120. The van der Waals surface area contributed by atoms with Gasteiger partial charge in [0.15, 0.2) is 10.7 Å². The predicted octanol–water partition coefficient (Wildman–Crippen LogP) is 4.87. The summed E-state index contributed by atoms with van der Waals surface area (Å²) < 4.78 is 66.1. The van der Waals surface area contributed by atoms with Crippen LogP contribution in [0.15, 0.2) is 51.9 Å². The molecule has 37 heavy (non-hydrogen) atoms. The SMILES string of the molecule is CCOc1ccccc1NC(=O)C1CCN(S(=O)(=O)c2c(C)noc2C=Cc2ccc(F)cc2F)CC1. The zero-order valence-electron chi connectivity index (χ0n) is 20.4. The van der Waals surface area contributed by atoms with E-state index in [4.69, 9.17) is 9.26 Å². The predicted molar refractivity (Wildman–Crippen MR) is 134 cm³/mol. The number of para-hydroxylation sites is 2. The highest BCUT2D eigenvalue weighted by atomic mass is 32.2. The molecule has 0 spiro atoms. The zero-order chi connectivity index (χ0) is 26.6. The van der Waals surface area contributed by atoms with Gasteiger partial charge < -0.3 is 14.6 Å². The highest BCUT2D eigenvalue weighted by molar-refractivity contribution is 7.89. The van der Waals surface area contributed by atoms with E-state index in [2.05, 4.69) is 10.5 Å². The molecule has 2 heterocycles. The largest absolute Gasteiger partial charge is 0.492 e. The Morgan fingerprint density at radius 3 is 2.62 bits per heavy atom. The van der Waals surface area contributed by atoms with E-state index >= 15 is 0 Å². The van der Waals surface area contributed by atoms with E-state index in [1.54, 1.807) is 18.2 Å². The summed E-state index contributed by atoms with van der Waals surface area (Å²) in [6.45, 7) is 4.08. The molecule has 2 aromatic carbocycles. The van der Waals surface area contributed by atoms with Crippen molar-refractivity contribution in [1.29, 1.82) is 0 Å². The first-order valence-corrected chi connectivity index (χ1v) is 13.3. The third kappa shape index (κ3) is 5.89. The highest BCUT2D eigenvalue weighted by Crippen LogP contribution is 2.31. The van der Waals surface area contributed by atoms with Gasteiger partial charge in [0, 0.05) is 30.6 Å². The fraction of sp³-hybridized carbons (Fsp3) is 0.308. The van der Waals surface area contributed by atoms with E-state index in [0.29, 0.717) is 30.9 Å². The molecule has 1 saturated heterocycles. The minimum absolute atomic E-state index is 0.0615. The molecule has 0 bridgehead atoms. The first-order valence-electron chi connectivity index (χ1n) is 11.8. The highest BCUT2D eigenvalue weighted by Gasteiger charge is 2.36. The van der Waals surface area contributed by atoms with Crippen LogP contribution >= 0.6 is 0 Å². The summed E-state index contributed by atoms with van der Waals surface area (Å²) >= 11 is 0. The standard InChI is InChI=1S/C26H27F2N3O5S/c1-3-35-23-7-5-4-6-22(23)29-26(32)19-12-14-31(15-13-19)37(33,34)25-17(2)30-36-24(25)11-9-18-8-10-20(27)16-21(18)28/h4-11,16,19H,3,12-15H2,1-2H3,(H,29,32). The Kier molecular flexibility index (Phi) is 8.03. The van der Waals surface area contributed by atoms with Crippen LogP contribution in [0.2, 0.25) is 0 Å². The molecule has 0 atom stereocenters. The van der Waals surface area contributed by atoms with Crippen molar-refractivity contribution < 1.29 is 31.3 Å². The molecule has 8 nitrogen and oxygen atoms in total. The number of amides is 1. The maximum absolute atomic E-state index is 14.0. The Labute approximate surface area is 214 Å². The number of anilines is 1. The monoisotopic (exact) mass is 531 g/mol.